The predicted molar refractivity (Wildman–Crippen MR) is 80.3 cm³/mol. The molecule has 1 N–H and O–H groups in total. The maximum Gasteiger partial charge on any atom is 0.233 e. The van der Waals surface area contributed by atoms with E-state index in [-0.39, 0.29) is 5.92 Å². The first-order chi connectivity index (χ1) is 10.3. The van der Waals surface area contributed by atoms with E-state index in [2.05, 4.69) is 24.3 Å². The minimum Gasteiger partial charge on any atom is -0.379 e. The van der Waals surface area contributed by atoms with Gasteiger partial charge in [0.15, 0.2) is 5.82 Å². The summed E-state index contributed by atoms with van der Waals surface area (Å²) in [5.41, 5.74) is 0. The number of rotatable bonds is 5. The summed E-state index contributed by atoms with van der Waals surface area (Å²) >= 11 is 0. The summed E-state index contributed by atoms with van der Waals surface area (Å²) in [6.45, 7) is 6.94. The highest BCUT2D eigenvalue weighted by molar-refractivity contribution is 5.05. The Labute approximate surface area is 126 Å². The van der Waals surface area contributed by atoms with Gasteiger partial charge in [-0.25, -0.2) is 0 Å². The van der Waals surface area contributed by atoms with Gasteiger partial charge in [-0.1, -0.05) is 31.8 Å². The van der Waals surface area contributed by atoms with Crippen LogP contribution in [0.2, 0.25) is 0 Å². The van der Waals surface area contributed by atoms with Gasteiger partial charge in [-0.05, 0) is 31.7 Å². The lowest BCUT2D eigenvalue weighted by molar-refractivity contribution is 0.184. The molecule has 2 fully saturated rings. The molecule has 1 aliphatic carbocycles. The first kappa shape index (κ1) is 15.0. The summed E-state index contributed by atoms with van der Waals surface area (Å²) in [6, 6.07) is 0.310. The number of nitrogens with zero attached hydrogens (tertiary/aromatic N) is 2. The van der Waals surface area contributed by atoms with E-state index < -0.39 is 0 Å². The second-order valence-corrected chi connectivity index (χ2v) is 6.65. The molecule has 0 radical (unpaired) electrons. The molecule has 2 heterocycles. The van der Waals surface area contributed by atoms with Gasteiger partial charge in [-0.3, -0.25) is 0 Å². The van der Waals surface area contributed by atoms with Crippen molar-refractivity contribution in [3.05, 3.63) is 11.7 Å². The molecule has 2 atom stereocenters. The fourth-order valence-electron chi connectivity index (χ4n) is 3.41. The molecule has 1 aromatic heterocycles. The minimum absolute atomic E-state index is 0.209. The van der Waals surface area contributed by atoms with Crippen LogP contribution in [0.5, 0.6) is 0 Å². The van der Waals surface area contributed by atoms with E-state index in [9.17, 15) is 0 Å². The molecular formula is C16H27N3O2. The van der Waals surface area contributed by atoms with Crippen LogP contribution < -0.4 is 5.32 Å². The molecule has 0 spiro atoms. The maximum absolute atomic E-state index is 5.60. The van der Waals surface area contributed by atoms with E-state index in [1.807, 2.05) is 0 Å². The van der Waals surface area contributed by atoms with Gasteiger partial charge < -0.3 is 14.6 Å². The van der Waals surface area contributed by atoms with E-state index in [1.165, 1.54) is 25.7 Å². The third-order valence-electron chi connectivity index (χ3n) is 4.89. The number of aromatic nitrogens is 2. The molecule has 1 saturated heterocycles. The number of hydrogen-bond donors (Lipinski definition) is 1. The molecule has 0 aromatic carbocycles. The Bertz CT molecular complexity index is 440. The third-order valence-corrected chi connectivity index (χ3v) is 4.89. The van der Waals surface area contributed by atoms with Gasteiger partial charge in [0.2, 0.25) is 5.89 Å². The van der Waals surface area contributed by atoms with Crippen LogP contribution in [-0.4, -0.2) is 35.9 Å². The molecule has 2 aliphatic rings. The van der Waals surface area contributed by atoms with Gasteiger partial charge in [-0.15, -0.1) is 0 Å². The zero-order valence-corrected chi connectivity index (χ0v) is 13.2. The first-order valence-corrected chi connectivity index (χ1v) is 8.42. The Hall–Kier alpha value is -0.940. The smallest absolute Gasteiger partial charge is 0.233 e. The minimum atomic E-state index is 0.209. The van der Waals surface area contributed by atoms with Crippen molar-refractivity contribution in [2.24, 2.45) is 5.92 Å². The topological polar surface area (TPSA) is 60.2 Å². The highest BCUT2D eigenvalue weighted by atomic mass is 16.5. The van der Waals surface area contributed by atoms with E-state index in [0.717, 1.165) is 37.2 Å². The van der Waals surface area contributed by atoms with Crippen molar-refractivity contribution in [1.29, 1.82) is 0 Å². The van der Waals surface area contributed by atoms with E-state index in [1.54, 1.807) is 0 Å². The summed E-state index contributed by atoms with van der Waals surface area (Å²) in [5, 5.41) is 7.78. The molecule has 1 aliphatic heterocycles. The number of hydrogen-bond acceptors (Lipinski definition) is 5. The highest BCUT2D eigenvalue weighted by Gasteiger charge is 2.34. The fourth-order valence-corrected chi connectivity index (χ4v) is 3.41. The van der Waals surface area contributed by atoms with Crippen molar-refractivity contribution in [3.63, 3.8) is 0 Å². The lowest BCUT2D eigenvalue weighted by Gasteiger charge is -2.23. The largest absolute Gasteiger partial charge is 0.379 e. The van der Waals surface area contributed by atoms with Crippen molar-refractivity contribution in [1.82, 2.24) is 15.5 Å². The molecule has 2 unspecified atom stereocenters. The van der Waals surface area contributed by atoms with Gasteiger partial charge in [0, 0.05) is 12.0 Å². The summed E-state index contributed by atoms with van der Waals surface area (Å²) < 4.78 is 11.2. The summed E-state index contributed by atoms with van der Waals surface area (Å²) in [6.07, 6.45) is 6.07. The van der Waals surface area contributed by atoms with Crippen molar-refractivity contribution in [2.45, 2.75) is 63.8 Å². The first-order valence-electron chi connectivity index (χ1n) is 8.42. The van der Waals surface area contributed by atoms with Crippen LogP contribution in [0.25, 0.3) is 0 Å². The zero-order valence-electron chi connectivity index (χ0n) is 13.2. The Morgan fingerprint density at radius 3 is 2.76 bits per heavy atom. The van der Waals surface area contributed by atoms with E-state index in [4.69, 9.17) is 14.2 Å². The van der Waals surface area contributed by atoms with Crippen LogP contribution in [0.3, 0.4) is 0 Å². The predicted octanol–water partition coefficient (Wildman–Crippen LogP) is 2.85. The molecule has 3 rings (SSSR count). The Balaban J connectivity index is 1.64. The second kappa shape index (κ2) is 6.88. The van der Waals surface area contributed by atoms with Gasteiger partial charge in [0.1, 0.15) is 0 Å². The standard InChI is InChI=1S/C16H27N3O2/c1-3-8-17-14-10-20-9-13(14)16-18-15(19-21-16)12-6-4-11(2)5-7-12/h11-14,17H,3-10H2,1-2H3. The average Bonchev–Trinajstić information content (AvgIpc) is 3.14. The number of ether oxygens (including phenoxy) is 1. The zero-order chi connectivity index (χ0) is 14.7. The average molecular weight is 293 g/mol. The maximum atomic E-state index is 5.60. The van der Waals surface area contributed by atoms with Gasteiger partial charge in [0.25, 0.3) is 0 Å². The molecular weight excluding hydrogens is 266 g/mol. The fraction of sp³-hybridized carbons (Fsp3) is 0.875. The van der Waals surface area contributed by atoms with Gasteiger partial charge in [-0.2, -0.15) is 4.98 Å². The van der Waals surface area contributed by atoms with Crippen LogP contribution in [0.15, 0.2) is 4.52 Å². The van der Waals surface area contributed by atoms with Crippen molar-refractivity contribution in [2.75, 3.05) is 19.8 Å². The summed E-state index contributed by atoms with van der Waals surface area (Å²) in [4.78, 5) is 4.70. The molecule has 0 amide bonds. The Kier molecular flexibility index (Phi) is 4.91. The molecule has 1 saturated carbocycles. The lowest BCUT2D eigenvalue weighted by atomic mass is 9.83. The normalized spacial score (nSPS) is 33.4. The summed E-state index contributed by atoms with van der Waals surface area (Å²) in [5.74, 6) is 3.22. The molecule has 118 valence electrons. The molecule has 1 aromatic rings. The second-order valence-electron chi connectivity index (χ2n) is 6.65. The highest BCUT2D eigenvalue weighted by Crippen LogP contribution is 2.35. The quantitative estimate of drug-likeness (QED) is 0.904. The van der Waals surface area contributed by atoms with Crippen LogP contribution in [-0.2, 0) is 4.74 Å². The monoisotopic (exact) mass is 293 g/mol. The van der Waals surface area contributed by atoms with E-state index >= 15 is 0 Å². The molecule has 21 heavy (non-hydrogen) atoms. The van der Waals surface area contributed by atoms with Crippen molar-refractivity contribution in [3.8, 4) is 0 Å². The lowest BCUT2D eigenvalue weighted by Crippen LogP contribution is -2.35. The van der Waals surface area contributed by atoms with Gasteiger partial charge >= 0.3 is 0 Å². The van der Waals surface area contributed by atoms with Crippen LogP contribution in [0.4, 0.5) is 0 Å². The third kappa shape index (κ3) is 3.46. The summed E-state index contributed by atoms with van der Waals surface area (Å²) in [7, 11) is 0. The number of nitrogens with one attached hydrogen (secondary N) is 1. The van der Waals surface area contributed by atoms with Crippen LogP contribution in [0.1, 0.15) is 69.5 Å². The SMILES string of the molecule is CCCNC1COCC1c1nc(C2CCC(C)CC2)no1. The van der Waals surface area contributed by atoms with Gasteiger partial charge in [0.05, 0.1) is 19.1 Å². The molecule has 5 heteroatoms. The van der Waals surface area contributed by atoms with Crippen molar-refractivity contribution < 1.29 is 9.26 Å². The molecule has 0 bridgehead atoms. The van der Waals surface area contributed by atoms with Crippen LogP contribution in [0, 0.1) is 5.92 Å². The molecule has 5 nitrogen and oxygen atoms in total. The Morgan fingerprint density at radius 1 is 1.19 bits per heavy atom. The van der Waals surface area contributed by atoms with E-state index in [0.29, 0.717) is 18.6 Å². The van der Waals surface area contributed by atoms with Crippen molar-refractivity contribution >= 4 is 0 Å². The van der Waals surface area contributed by atoms with Crippen LogP contribution >= 0.6 is 0 Å². The Morgan fingerprint density at radius 2 is 2.00 bits per heavy atom.